The highest BCUT2D eigenvalue weighted by atomic mass is 32.2. The van der Waals surface area contributed by atoms with E-state index in [1.165, 1.54) is 15.6 Å². The smallest absolute Gasteiger partial charge is 0.263 e. The van der Waals surface area contributed by atoms with E-state index in [4.69, 9.17) is 0 Å². The zero-order valence-corrected chi connectivity index (χ0v) is 13.4. The molecule has 3 rings (SSSR count). The second kappa shape index (κ2) is 5.97. The molecule has 3 aromatic rings. The highest BCUT2D eigenvalue weighted by Crippen LogP contribution is 2.28. The number of hydrogen-bond donors (Lipinski definition) is 0. The van der Waals surface area contributed by atoms with Gasteiger partial charge in [0.2, 0.25) is 0 Å². The van der Waals surface area contributed by atoms with Crippen molar-refractivity contribution in [3.05, 3.63) is 64.4 Å². The number of anilines is 1. The lowest BCUT2D eigenvalue weighted by Crippen LogP contribution is -2.29. The molecule has 0 aliphatic rings. The molecule has 0 fully saturated rings. The van der Waals surface area contributed by atoms with E-state index in [9.17, 15) is 8.42 Å². The summed E-state index contributed by atoms with van der Waals surface area (Å²) in [5.74, 6) is 0. The zero-order chi connectivity index (χ0) is 14.7. The lowest BCUT2D eigenvalue weighted by atomic mass is 10.3. The Morgan fingerprint density at radius 1 is 1.14 bits per heavy atom. The van der Waals surface area contributed by atoms with Crippen LogP contribution in [0.2, 0.25) is 0 Å². The molecular weight excluding hydrogens is 324 g/mol. The number of rotatable bonds is 5. The molecule has 0 bridgehead atoms. The van der Waals surface area contributed by atoms with Gasteiger partial charge in [-0.2, -0.15) is 11.3 Å². The van der Waals surface area contributed by atoms with Crippen molar-refractivity contribution < 1.29 is 8.42 Å². The Bertz CT molecular complexity index is 782. The third-order valence-corrected chi connectivity index (χ3v) is 6.76. The molecule has 7 heteroatoms. The zero-order valence-electron chi connectivity index (χ0n) is 10.9. The summed E-state index contributed by atoms with van der Waals surface area (Å²) >= 11 is 2.77. The van der Waals surface area contributed by atoms with Crippen LogP contribution in [-0.4, -0.2) is 13.4 Å². The lowest BCUT2D eigenvalue weighted by molar-refractivity contribution is 0.592. The summed E-state index contributed by atoms with van der Waals surface area (Å²) in [6.07, 6.45) is 3.20. The van der Waals surface area contributed by atoms with Crippen LogP contribution in [-0.2, 0) is 16.6 Å². The summed E-state index contributed by atoms with van der Waals surface area (Å²) in [5.41, 5.74) is 1.53. The van der Waals surface area contributed by atoms with Gasteiger partial charge in [-0.05, 0) is 46.0 Å². The Morgan fingerprint density at radius 2 is 2.05 bits per heavy atom. The van der Waals surface area contributed by atoms with Crippen LogP contribution in [0, 0.1) is 0 Å². The molecule has 108 valence electrons. The maximum absolute atomic E-state index is 12.8. The Labute approximate surface area is 131 Å². The Morgan fingerprint density at radius 3 is 2.67 bits per heavy atom. The second-order valence-electron chi connectivity index (χ2n) is 4.29. The monoisotopic (exact) mass is 336 g/mol. The van der Waals surface area contributed by atoms with E-state index in [-0.39, 0.29) is 0 Å². The first-order valence-electron chi connectivity index (χ1n) is 6.15. The predicted molar refractivity (Wildman–Crippen MR) is 86.2 cm³/mol. The molecule has 0 spiro atoms. The summed E-state index contributed by atoms with van der Waals surface area (Å²) in [6.45, 7) is 0.301. The van der Waals surface area contributed by atoms with Crippen LogP contribution >= 0.6 is 22.7 Å². The number of sulfonamides is 1. The van der Waals surface area contributed by atoms with Gasteiger partial charge in [-0.1, -0.05) is 6.07 Å². The van der Waals surface area contributed by atoms with E-state index >= 15 is 0 Å². The quantitative estimate of drug-likeness (QED) is 0.715. The molecule has 3 aromatic heterocycles. The first-order chi connectivity index (χ1) is 10.2. The number of aromatic nitrogens is 1. The van der Waals surface area contributed by atoms with E-state index in [0.717, 1.165) is 5.56 Å². The van der Waals surface area contributed by atoms with Gasteiger partial charge in [0.25, 0.3) is 10.0 Å². The van der Waals surface area contributed by atoms with Gasteiger partial charge in [-0.3, -0.25) is 9.29 Å². The van der Waals surface area contributed by atoms with Gasteiger partial charge >= 0.3 is 0 Å². The highest BCUT2D eigenvalue weighted by molar-refractivity contribution is 7.94. The fraction of sp³-hybridized carbons (Fsp3) is 0.0714. The average molecular weight is 336 g/mol. The second-order valence-corrected chi connectivity index (χ2v) is 8.10. The predicted octanol–water partition coefficient (Wildman–Crippen LogP) is 3.60. The molecule has 4 nitrogen and oxygen atoms in total. The van der Waals surface area contributed by atoms with E-state index in [1.54, 1.807) is 53.4 Å². The molecule has 0 N–H and O–H groups in total. The van der Waals surface area contributed by atoms with Gasteiger partial charge in [-0.25, -0.2) is 8.42 Å². The topological polar surface area (TPSA) is 50.3 Å². The van der Waals surface area contributed by atoms with Gasteiger partial charge < -0.3 is 0 Å². The van der Waals surface area contributed by atoms with E-state index < -0.39 is 10.0 Å². The molecule has 0 aliphatic heterocycles. The van der Waals surface area contributed by atoms with E-state index in [1.807, 2.05) is 16.8 Å². The van der Waals surface area contributed by atoms with Gasteiger partial charge in [0.15, 0.2) is 0 Å². The van der Waals surface area contributed by atoms with Crippen molar-refractivity contribution >= 4 is 38.4 Å². The standard InChI is InChI=1S/C14H12N2O2S3/c17-21(18,14-4-2-7-20-14)16(10-12-5-8-19-11-12)13-3-1-6-15-9-13/h1-9,11H,10H2. The van der Waals surface area contributed by atoms with Crippen LogP contribution in [0.1, 0.15) is 5.56 Å². The highest BCUT2D eigenvalue weighted by Gasteiger charge is 2.26. The van der Waals surface area contributed by atoms with Crippen molar-refractivity contribution in [2.45, 2.75) is 10.8 Å². The molecule has 0 radical (unpaired) electrons. The molecule has 0 saturated carbocycles. The maximum atomic E-state index is 12.8. The number of thiophene rings is 2. The van der Waals surface area contributed by atoms with Gasteiger partial charge in [-0.15, -0.1) is 11.3 Å². The first kappa shape index (κ1) is 14.2. The summed E-state index contributed by atoms with van der Waals surface area (Å²) < 4.78 is 27.4. The molecule has 0 aromatic carbocycles. The van der Waals surface area contributed by atoms with Crippen LogP contribution in [0.4, 0.5) is 5.69 Å². The van der Waals surface area contributed by atoms with Crippen molar-refractivity contribution in [2.75, 3.05) is 4.31 Å². The molecule has 3 heterocycles. The Balaban J connectivity index is 2.04. The van der Waals surface area contributed by atoms with E-state index in [0.29, 0.717) is 16.4 Å². The van der Waals surface area contributed by atoms with Crippen LogP contribution in [0.15, 0.2) is 63.1 Å². The van der Waals surface area contributed by atoms with Crippen LogP contribution in [0.5, 0.6) is 0 Å². The van der Waals surface area contributed by atoms with Crippen molar-refractivity contribution in [3.8, 4) is 0 Å². The lowest BCUT2D eigenvalue weighted by Gasteiger charge is -2.23. The first-order valence-corrected chi connectivity index (χ1v) is 9.41. The van der Waals surface area contributed by atoms with Crippen molar-refractivity contribution in [1.29, 1.82) is 0 Å². The Kier molecular flexibility index (Phi) is 4.05. The summed E-state index contributed by atoms with van der Waals surface area (Å²) in [5, 5.41) is 5.65. The maximum Gasteiger partial charge on any atom is 0.274 e. The fourth-order valence-electron chi connectivity index (χ4n) is 1.88. The van der Waals surface area contributed by atoms with Crippen LogP contribution in [0.3, 0.4) is 0 Å². The molecule has 0 atom stereocenters. The minimum atomic E-state index is -3.57. The largest absolute Gasteiger partial charge is 0.274 e. The van der Waals surface area contributed by atoms with Crippen LogP contribution < -0.4 is 4.31 Å². The Hall–Kier alpha value is -1.70. The number of pyridine rings is 1. The summed E-state index contributed by atoms with van der Waals surface area (Å²) in [7, 11) is -3.57. The number of nitrogens with zero attached hydrogens (tertiary/aromatic N) is 2. The third-order valence-electron chi connectivity index (χ3n) is 2.88. The van der Waals surface area contributed by atoms with Crippen molar-refractivity contribution in [2.24, 2.45) is 0 Å². The summed E-state index contributed by atoms with van der Waals surface area (Å²) in [6, 6.07) is 8.78. The van der Waals surface area contributed by atoms with Crippen molar-refractivity contribution in [1.82, 2.24) is 4.98 Å². The fourth-order valence-corrected chi connectivity index (χ4v) is 5.09. The molecule has 21 heavy (non-hydrogen) atoms. The minimum Gasteiger partial charge on any atom is -0.263 e. The van der Waals surface area contributed by atoms with Crippen LogP contribution in [0.25, 0.3) is 0 Å². The summed E-state index contributed by atoms with van der Waals surface area (Å²) in [4.78, 5) is 4.03. The molecule has 0 amide bonds. The third kappa shape index (κ3) is 2.99. The minimum absolute atomic E-state index is 0.301. The SMILES string of the molecule is O=S(=O)(c1cccs1)N(Cc1ccsc1)c1cccnc1. The molecule has 0 saturated heterocycles. The molecule has 0 aliphatic carbocycles. The van der Waals surface area contributed by atoms with Gasteiger partial charge in [0, 0.05) is 6.20 Å². The normalized spacial score (nSPS) is 11.4. The number of hydrogen-bond acceptors (Lipinski definition) is 5. The van der Waals surface area contributed by atoms with Gasteiger partial charge in [0.05, 0.1) is 18.4 Å². The average Bonchev–Trinajstić information content (AvgIpc) is 3.19. The van der Waals surface area contributed by atoms with E-state index in [2.05, 4.69) is 4.98 Å². The molecular formula is C14H12N2O2S3. The van der Waals surface area contributed by atoms with Gasteiger partial charge in [0.1, 0.15) is 4.21 Å². The molecule has 0 unspecified atom stereocenters. The van der Waals surface area contributed by atoms with Crippen molar-refractivity contribution in [3.63, 3.8) is 0 Å².